The average molecular weight is 305 g/mol. The molecule has 0 aliphatic heterocycles. The number of hydrogen-bond acceptors (Lipinski definition) is 1. The van der Waals surface area contributed by atoms with Gasteiger partial charge in [0.1, 0.15) is 6.07 Å². The summed E-state index contributed by atoms with van der Waals surface area (Å²) in [6.45, 7) is 19.5. The molecule has 2 aromatic carbocycles. The average Bonchev–Trinajstić information content (AvgIpc) is 2.54. The van der Waals surface area contributed by atoms with E-state index in [2.05, 4.69) is 68.4 Å². The van der Waals surface area contributed by atoms with E-state index in [1.165, 1.54) is 50.1 Å². The molecule has 0 aliphatic rings. The zero-order valence-electron chi connectivity index (χ0n) is 15.9. The molecular weight excluding hydrogens is 278 g/mol. The molecule has 0 saturated heterocycles. The van der Waals surface area contributed by atoms with Gasteiger partial charge in [0.15, 0.2) is 0 Å². The topological polar surface area (TPSA) is 23.8 Å². The number of rotatable bonds is 1. The van der Waals surface area contributed by atoms with E-state index in [9.17, 15) is 5.26 Å². The molecule has 2 rings (SSSR count). The second-order valence-electron chi connectivity index (χ2n) is 6.86. The van der Waals surface area contributed by atoms with Crippen molar-refractivity contribution in [2.24, 2.45) is 0 Å². The summed E-state index contributed by atoms with van der Waals surface area (Å²) < 4.78 is 0. The van der Waals surface area contributed by atoms with Gasteiger partial charge in [0.05, 0.1) is 5.56 Å². The Morgan fingerprint density at radius 1 is 0.435 bits per heavy atom. The Balaban J connectivity index is 3.10. The molecule has 1 heteroatoms. The maximum Gasteiger partial charge on any atom is 0.100 e. The van der Waals surface area contributed by atoms with E-state index < -0.39 is 0 Å². The van der Waals surface area contributed by atoms with E-state index in [1.807, 2.05) is 0 Å². The van der Waals surface area contributed by atoms with Crippen molar-refractivity contribution >= 4 is 0 Å². The maximum absolute atomic E-state index is 9.83. The minimum atomic E-state index is 0.833. The Morgan fingerprint density at radius 2 is 0.739 bits per heavy atom. The molecule has 0 N–H and O–H groups in total. The van der Waals surface area contributed by atoms with E-state index in [1.54, 1.807) is 0 Å². The van der Waals surface area contributed by atoms with Crippen LogP contribution in [-0.2, 0) is 0 Å². The third-order valence-electron chi connectivity index (χ3n) is 6.05. The summed E-state index contributed by atoms with van der Waals surface area (Å²) in [4.78, 5) is 0. The first-order valence-corrected chi connectivity index (χ1v) is 8.22. The van der Waals surface area contributed by atoms with E-state index in [0.29, 0.717) is 0 Å². The van der Waals surface area contributed by atoms with Crippen LogP contribution in [0.5, 0.6) is 0 Å². The third kappa shape index (κ3) is 2.38. The zero-order valence-corrected chi connectivity index (χ0v) is 15.9. The predicted molar refractivity (Wildman–Crippen MR) is 99.2 cm³/mol. The van der Waals surface area contributed by atoms with Gasteiger partial charge < -0.3 is 0 Å². The van der Waals surface area contributed by atoms with Crippen molar-refractivity contribution in [1.29, 1.82) is 5.26 Å². The monoisotopic (exact) mass is 305 g/mol. The van der Waals surface area contributed by atoms with E-state index in [-0.39, 0.29) is 0 Å². The smallest absolute Gasteiger partial charge is 0.100 e. The first-order valence-electron chi connectivity index (χ1n) is 8.22. The van der Waals surface area contributed by atoms with Crippen molar-refractivity contribution in [1.82, 2.24) is 0 Å². The quantitative estimate of drug-likeness (QED) is 0.633. The lowest BCUT2D eigenvalue weighted by atomic mass is 9.80. The maximum atomic E-state index is 9.83. The Bertz CT molecular complexity index is 832. The van der Waals surface area contributed by atoms with Gasteiger partial charge in [-0.1, -0.05) is 0 Å². The fourth-order valence-corrected chi connectivity index (χ4v) is 3.64. The minimum Gasteiger partial charge on any atom is -0.192 e. The van der Waals surface area contributed by atoms with Gasteiger partial charge in [-0.15, -0.1) is 0 Å². The molecular formula is C22H27N. The van der Waals surface area contributed by atoms with Crippen LogP contribution in [0.1, 0.15) is 55.6 Å². The predicted octanol–water partition coefficient (Wildman–Crippen LogP) is 6.00. The van der Waals surface area contributed by atoms with Crippen LogP contribution in [0.3, 0.4) is 0 Å². The van der Waals surface area contributed by atoms with E-state index >= 15 is 0 Å². The van der Waals surface area contributed by atoms with Crippen LogP contribution in [0, 0.1) is 73.6 Å². The lowest BCUT2D eigenvalue weighted by Gasteiger charge is -2.24. The first kappa shape index (κ1) is 17.3. The Hall–Kier alpha value is -2.07. The molecule has 0 radical (unpaired) electrons. The molecule has 0 amide bonds. The van der Waals surface area contributed by atoms with Crippen molar-refractivity contribution < 1.29 is 0 Å². The van der Waals surface area contributed by atoms with Crippen LogP contribution in [0.2, 0.25) is 0 Å². The highest BCUT2D eigenvalue weighted by molar-refractivity contribution is 5.83. The van der Waals surface area contributed by atoms with Gasteiger partial charge in [0, 0.05) is 5.56 Å². The van der Waals surface area contributed by atoms with Crippen LogP contribution in [0.15, 0.2) is 0 Å². The zero-order chi connectivity index (χ0) is 17.6. The molecule has 0 spiro atoms. The summed E-state index contributed by atoms with van der Waals surface area (Å²) in [6.07, 6.45) is 0. The molecule has 23 heavy (non-hydrogen) atoms. The molecule has 0 aliphatic carbocycles. The second kappa shape index (κ2) is 5.85. The lowest BCUT2D eigenvalue weighted by molar-refractivity contribution is 1.16. The standard InChI is InChI=1S/C22H27N/c1-11-13(3)17(7)21(18(8)14(11)4)22-19(9)15(5)12(2)16(6)20(22)10-23/h1-9H3. The van der Waals surface area contributed by atoms with Crippen molar-refractivity contribution in [3.8, 4) is 17.2 Å². The Kier molecular flexibility index (Phi) is 4.40. The van der Waals surface area contributed by atoms with Gasteiger partial charge in [0.2, 0.25) is 0 Å². The number of nitrogens with zero attached hydrogens (tertiary/aromatic N) is 1. The summed E-state index contributed by atoms with van der Waals surface area (Å²) in [7, 11) is 0. The van der Waals surface area contributed by atoms with Crippen LogP contribution >= 0.6 is 0 Å². The van der Waals surface area contributed by atoms with Crippen LogP contribution in [0.25, 0.3) is 11.1 Å². The molecule has 0 fully saturated rings. The number of benzene rings is 2. The van der Waals surface area contributed by atoms with Gasteiger partial charge in [-0.25, -0.2) is 0 Å². The van der Waals surface area contributed by atoms with E-state index in [4.69, 9.17) is 0 Å². The summed E-state index contributed by atoms with van der Waals surface area (Å²) >= 11 is 0. The van der Waals surface area contributed by atoms with Gasteiger partial charge in [-0.2, -0.15) is 5.26 Å². The van der Waals surface area contributed by atoms with Gasteiger partial charge in [-0.3, -0.25) is 0 Å². The number of nitriles is 1. The minimum absolute atomic E-state index is 0.833. The Morgan fingerprint density at radius 3 is 1.13 bits per heavy atom. The molecule has 2 aromatic rings. The molecule has 0 unspecified atom stereocenters. The van der Waals surface area contributed by atoms with Gasteiger partial charge in [-0.05, 0) is 118 Å². The number of hydrogen-bond donors (Lipinski definition) is 0. The van der Waals surface area contributed by atoms with Crippen molar-refractivity contribution in [2.75, 3.05) is 0 Å². The normalized spacial score (nSPS) is 10.8. The fourth-order valence-electron chi connectivity index (χ4n) is 3.64. The van der Waals surface area contributed by atoms with Crippen LogP contribution in [-0.4, -0.2) is 0 Å². The largest absolute Gasteiger partial charge is 0.192 e. The van der Waals surface area contributed by atoms with Gasteiger partial charge in [0.25, 0.3) is 0 Å². The van der Waals surface area contributed by atoms with Crippen molar-refractivity contribution in [2.45, 2.75) is 62.3 Å². The highest BCUT2D eigenvalue weighted by atomic mass is 14.3. The fraction of sp³-hybridized carbons (Fsp3) is 0.409. The molecule has 0 atom stereocenters. The second-order valence-corrected chi connectivity index (χ2v) is 6.86. The van der Waals surface area contributed by atoms with E-state index in [0.717, 1.165) is 16.7 Å². The van der Waals surface area contributed by atoms with Crippen LogP contribution < -0.4 is 0 Å². The molecule has 1 nitrogen and oxygen atoms in total. The Labute approximate surface area is 141 Å². The van der Waals surface area contributed by atoms with Crippen molar-refractivity contribution in [3.05, 3.63) is 55.6 Å². The molecule has 0 bridgehead atoms. The SMILES string of the molecule is Cc1c(C)c(C)c(-c2c(C)c(C)c(C)c(C)c2C#N)c(C)c1C. The summed E-state index contributed by atoms with van der Waals surface area (Å²) in [6, 6.07) is 2.48. The van der Waals surface area contributed by atoms with Crippen LogP contribution in [0.4, 0.5) is 0 Å². The van der Waals surface area contributed by atoms with Crippen molar-refractivity contribution in [3.63, 3.8) is 0 Å². The highest BCUT2D eigenvalue weighted by Gasteiger charge is 2.21. The first-order chi connectivity index (χ1) is 10.6. The summed E-state index contributed by atoms with van der Waals surface area (Å²) in [5.74, 6) is 0. The summed E-state index contributed by atoms with van der Waals surface area (Å²) in [5, 5.41) is 9.83. The molecule has 120 valence electrons. The highest BCUT2D eigenvalue weighted by Crippen LogP contribution is 2.40. The molecule has 0 heterocycles. The summed E-state index contributed by atoms with van der Waals surface area (Å²) in [5.41, 5.74) is 14.7. The third-order valence-corrected chi connectivity index (χ3v) is 6.05. The molecule has 0 saturated carbocycles. The van der Waals surface area contributed by atoms with Gasteiger partial charge >= 0.3 is 0 Å². The lowest BCUT2D eigenvalue weighted by Crippen LogP contribution is -2.05. The molecule has 0 aromatic heterocycles.